The van der Waals surface area contributed by atoms with Gasteiger partial charge in [-0.05, 0) is 61.2 Å². The summed E-state index contributed by atoms with van der Waals surface area (Å²) in [4.78, 5) is 18.9. The molecule has 25 heavy (non-hydrogen) atoms. The number of rotatable bonds is 4. The number of nitrogens with zero attached hydrogens (tertiary/aromatic N) is 2. The molecule has 3 rings (SSSR count). The van der Waals surface area contributed by atoms with Crippen LogP contribution >= 0.6 is 0 Å². The van der Waals surface area contributed by atoms with Crippen LogP contribution in [0.15, 0.2) is 36.4 Å². The molecule has 4 nitrogen and oxygen atoms in total. The number of hydrogen-bond donors (Lipinski definition) is 0. The molecular formula is C21H26N2O2. The summed E-state index contributed by atoms with van der Waals surface area (Å²) in [6, 6.07) is 12.2. The van der Waals surface area contributed by atoms with Gasteiger partial charge in [-0.2, -0.15) is 0 Å². The fourth-order valence-electron chi connectivity index (χ4n) is 3.51. The van der Waals surface area contributed by atoms with Gasteiger partial charge < -0.3 is 9.64 Å². The van der Waals surface area contributed by atoms with Crippen molar-refractivity contribution in [2.24, 2.45) is 5.92 Å². The Labute approximate surface area is 149 Å². The lowest BCUT2D eigenvalue weighted by Crippen LogP contribution is -2.23. The van der Waals surface area contributed by atoms with E-state index in [0.29, 0.717) is 24.5 Å². The predicted molar refractivity (Wildman–Crippen MR) is 101 cm³/mol. The molecule has 0 aliphatic heterocycles. The minimum absolute atomic E-state index is 0.226. The SMILES string of the molecule is COc1ccc(N(C)c2cc(C)cc(C3CC(=O)CCC3C)n2)cc1. The standard InChI is InChI=1S/C21H26N2O2/c1-14-11-20(19-13-17(24)8-5-15(19)2)22-21(12-14)23(3)16-6-9-18(25-4)10-7-16/h6-7,9-12,15,19H,5,8,13H2,1-4H3. The molecular weight excluding hydrogens is 312 g/mol. The molecule has 132 valence electrons. The van der Waals surface area contributed by atoms with Crippen molar-refractivity contribution in [2.45, 2.75) is 39.0 Å². The summed E-state index contributed by atoms with van der Waals surface area (Å²) >= 11 is 0. The van der Waals surface area contributed by atoms with Crippen molar-refractivity contribution >= 4 is 17.3 Å². The van der Waals surface area contributed by atoms with E-state index in [9.17, 15) is 4.79 Å². The number of anilines is 2. The number of carbonyl (C=O) groups excluding carboxylic acids is 1. The maximum Gasteiger partial charge on any atom is 0.133 e. The van der Waals surface area contributed by atoms with Crippen LogP contribution in [0.4, 0.5) is 11.5 Å². The van der Waals surface area contributed by atoms with Crippen molar-refractivity contribution in [1.82, 2.24) is 4.98 Å². The average Bonchev–Trinajstić information content (AvgIpc) is 2.62. The van der Waals surface area contributed by atoms with Crippen LogP contribution in [0.3, 0.4) is 0 Å². The molecule has 0 N–H and O–H groups in total. The van der Waals surface area contributed by atoms with Crippen molar-refractivity contribution in [3.63, 3.8) is 0 Å². The van der Waals surface area contributed by atoms with E-state index in [1.54, 1.807) is 7.11 Å². The first-order valence-electron chi connectivity index (χ1n) is 8.86. The second-order valence-corrected chi connectivity index (χ2v) is 7.05. The van der Waals surface area contributed by atoms with Crippen LogP contribution in [0.25, 0.3) is 0 Å². The normalized spacial score (nSPS) is 20.4. The van der Waals surface area contributed by atoms with E-state index in [0.717, 1.165) is 29.4 Å². The van der Waals surface area contributed by atoms with Gasteiger partial charge in [0, 0.05) is 37.2 Å². The Bertz CT molecular complexity index is 755. The molecule has 0 amide bonds. The number of carbonyl (C=O) groups is 1. The van der Waals surface area contributed by atoms with Gasteiger partial charge in [0.2, 0.25) is 0 Å². The highest BCUT2D eigenvalue weighted by Crippen LogP contribution is 2.36. The van der Waals surface area contributed by atoms with E-state index in [-0.39, 0.29) is 5.92 Å². The van der Waals surface area contributed by atoms with Gasteiger partial charge in [0.1, 0.15) is 17.4 Å². The Morgan fingerprint density at radius 1 is 1.20 bits per heavy atom. The number of aromatic nitrogens is 1. The van der Waals surface area contributed by atoms with Crippen LogP contribution in [0, 0.1) is 12.8 Å². The van der Waals surface area contributed by atoms with Crippen molar-refractivity contribution < 1.29 is 9.53 Å². The lowest BCUT2D eigenvalue weighted by molar-refractivity contribution is -0.121. The summed E-state index contributed by atoms with van der Waals surface area (Å²) in [5.74, 6) is 2.82. The average molecular weight is 338 g/mol. The first-order valence-corrected chi connectivity index (χ1v) is 8.86. The highest BCUT2D eigenvalue weighted by molar-refractivity contribution is 5.80. The number of ether oxygens (including phenoxy) is 1. The largest absolute Gasteiger partial charge is 0.497 e. The van der Waals surface area contributed by atoms with Gasteiger partial charge in [-0.25, -0.2) is 4.98 Å². The topological polar surface area (TPSA) is 42.4 Å². The van der Waals surface area contributed by atoms with E-state index in [1.165, 1.54) is 5.56 Å². The number of ketones is 1. The molecule has 0 spiro atoms. The van der Waals surface area contributed by atoms with Crippen LogP contribution < -0.4 is 9.64 Å². The minimum Gasteiger partial charge on any atom is -0.497 e. The second kappa shape index (κ2) is 7.26. The van der Waals surface area contributed by atoms with Crippen LogP contribution in [0.1, 0.15) is 43.4 Å². The summed E-state index contributed by atoms with van der Waals surface area (Å²) < 4.78 is 5.23. The number of benzene rings is 1. The van der Waals surface area contributed by atoms with Crippen molar-refractivity contribution in [1.29, 1.82) is 0 Å². The van der Waals surface area contributed by atoms with E-state index in [2.05, 4.69) is 30.9 Å². The fraction of sp³-hybridized carbons (Fsp3) is 0.429. The van der Waals surface area contributed by atoms with E-state index in [4.69, 9.17) is 9.72 Å². The third-order valence-corrected chi connectivity index (χ3v) is 5.17. The maximum atomic E-state index is 11.9. The van der Waals surface area contributed by atoms with E-state index >= 15 is 0 Å². The molecule has 1 heterocycles. The quantitative estimate of drug-likeness (QED) is 0.814. The first kappa shape index (κ1) is 17.5. The molecule has 1 aliphatic carbocycles. The van der Waals surface area contributed by atoms with Crippen LogP contribution in [-0.4, -0.2) is 24.9 Å². The summed E-state index contributed by atoms with van der Waals surface area (Å²) in [5.41, 5.74) is 3.26. The van der Waals surface area contributed by atoms with Gasteiger partial charge in [-0.1, -0.05) is 6.92 Å². The molecule has 2 unspecified atom stereocenters. The van der Waals surface area contributed by atoms with E-state index in [1.807, 2.05) is 31.3 Å². The predicted octanol–water partition coefficient (Wildman–Crippen LogP) is 4.64. The monoisotopic (exact) mass is 338 g/mol. The van der Waals surface area contributed by atoms with E-state index < -0.39 is 0 Å². The maximum absolute atomic E-state index is 11.9. The first-order chi connectivity index (χ1) is 12.0. The summed E-state index contributed by atoms with van der Waals surface area (Å²) in [6.45, 7) is 4.32. The molecule has 1 saturated carbocycles. The Morgan fingerprint density at radius 2 is 1.92 bits per heavy atom. The number of aryl methyl sites for hydroxylation is 1. The molecule has 2 aromatic rings. The molecule has 4 heteroatoms. The number of pyridine rings is 1. The molecule has 0 saturated heterocycles. The van der Waals surface area contributed by atoms with Gasteiger partial charge in [0.25, 0.3) is 0 Å². The van der Waals surface area contributed by atoms with Gasteiger partial charge in [0.05, 0.1) is 7.11 Å². The zero-order valence-electron chi connectivity index (χ0n) is 15.5. The Balaban J connectivity index is 1.91. The summed E-state index contributed by atoms with van der Waals surface area (Å²) in [5, 5.41) is 0. The van der Waals surface area contributed by atoms with Crippen molar-refractivity contribution in [3.8, 4) is 5.75 Å². The Morgan fingerprint density at radius 3 is 2.60 bits per heavy atom. The van der Waals surface area contributed by atoms with Crippen molar-refractivity contribution in [2.75, 3.05) is 19.1 Å². The van der Waals surface area contributed by atoms with Crippen molar-refractivity contribution in [3.05, 3.63) is 47.7 Å². The Kier molecular flexibility index (Phi) is 5.07. The highest BCUT2D eigenvalue weighted by atomic mass is 16.5. The van der Waals surface area contributed by atoms with Gasteiger partial charge in [-0.15, -0.1) is 0 Å². The fourth-order valence-corrected chi connectivity index (χ4v) is 3.51. The molecule has 1 aliphatic rings. The Hall–Kier alpha value is -2.36. The molecule has 0 radical (unpaired) electrons. The third-order valence-electron chi connectivity index (χ3n) is 5.17. The molecule has 0 bridgehead atoms. The summed E-state index contributed by atoms with van der Waals surface area (Å²) in [7, 11) is 3.68. The minimum atomic E-state index is 0.226. The van der Waals surface area contributed by atoms with Gasteiger partial charge in [-0.3, -0.25) is 4.79 Å². The number of hydrogen-bond acceptors (Lipinski definition) is 4. The smallest absolute Gasteiger partial charge is 0.133 e. The second-order valence-electron chi connectivity index (χ2n) is 7.05. The van der Waals surface area contributed by atoms with Gasteiger partial charge >= 0.3 is 0 Å². The number of Topliss-reactive ketones (excluding diaryl/α,β-unsaturated/α-hetero) is 1. The highest BCUT2D eigenvalue weighted by Gasteiger charge is 2.29. The number of methoxy groups -OCH3 is 1. The molecule has 1 aromatic heterocycles. The van der Waals surface area contributed by atoms with Gasteiger partial charge in [0.15, 0.2) is 0 Å². The lowest BCUT2D eigenvalue weighted by atomic mass is 9.77. The lowest BCUT2D eigenvalue weighted by Gasteiger charge is -2.29. The van der Waals surface area contributed by atoms with Crippen LogP contribution in [0.5, 0.6) is 5.75 Å². The van der Waals surface area contributed by atoms with Crippen LogP contribution in [0.2, 0.25) is 0 Å². The summed E-state index contributed by atoms with van der Waals surface area (Å²) in [6.07, 6.45) is 2.29. The molecule has 1 fully saturated rings. The molecule has 2 atom stereocenters. The zero-order valence-corrected chi connectivity index (χ0v) is 15.5. The zero-order chi connectivity index (χ0) is 18.0. The third kappa shape index (κ3) is 3.84. The van der Waals surface area contributed by atoms with Crippen LogP contribution in [-0.2, 0) is 4.79 Å². The molecule has 1 aromatic carbocycles.